The molecule has 1 aliphatic rings. The van der Waals surface area contributed by atoms with Gasteiger partial charge in [-0.25, -0.2) is 9.48 Å². The highest BCUT2D eigenvalue weighted by Crippen LogP contribution is 2.39. The summed E-state index contributed by atoms with van der Waals surface area (Å²) in [6.07, 6.45) is -9.55. The number of carbonyl (C=O) groups is 2. The molecule has 0 spiro atoms. The Hall–Kier alpha value is -3.30. The third-order valence-corrected chi connectivity index (χ3v) is 7.13. The van der Waals surface area contributed by atoms with Crippen molar-refractivity contribution in [1.29, 1.82) is 0 Å². The van der Waals surface area contributed by atoms with E-state index >= 15 is 0 Å². The number of aromatic nitrogens is 2. The van der Waals surface area contributed by atoms with Gasteiger partial charge in [0.05, 0.1) is 30.8 Å². The van der Waals surface area contributed by atoms with E-state index in [0.29, 0.717) is 5.56 Å². The van der Waals surface area contributed by atoms with Crippen molar-refractivity contribution in [3.63, 3.8) is 0 Å². The number of ether oxygens (including phenoxy) is 1. The van der Waals surface area contributed by atoms with E-state index in [1.807, 2.05) is 0 Å². The van der Waals surface area contributed by atoms with Crippen LogP contribution in [0.5, 0.6) is 0 Å². The second kappa shape index (κ2) is 10.7. The third-order valence-electron chi connectivity index (χ3n) is 6.19. The molecule has 0 unspecified atom stereocenters. The molecule has 1 atom stereocenters. The molecule has 0 fully saturated rings. The molecule has 2 heterocycles. The summed E-state index contributed by atoms with van der Waals surface area (Å²) in [6.45, 7) is 1.57. The summed E-state index contributed by atoms with van der Waals surface area (Å²) in [5, 5.41) is 6.16. The zero-order valence-electron chi connectivity index (χ0n) is 20.5. The molecule has 1 amide bonds. The predicted octanol–water partition coefficient (Wildman–Crippen LogP) is 5.82. The van der Waals surface area contributed by atoms with Gasteiger partial charge in [0.1, 0.15) is 11.4 Å². The third kappa shape index (κ3) is 5.99. The Labute approximate surface area is 232 Å². The van der Waals surface area contributed by atoms with Gasteiger partial charge in [0.25, 0.3) is 5.91 Å². The number of alkyl halides is 6. The van der Waals surface area contributed by atoms with E-state index < -0.39 is 47.1 Å². The number of amides is 1. The standard InChI is InChI=1S/C25H21F6IN4O3/c1-13(15-4-6-16(7-5-15)23(38)39-2)33-21(37)19-20(25(29,30)31)34-36-10-9-35(22(19)36)12-14-3-8-18(32)17(11-14)24(26,27)28/h3-8,11,13H,9-10,12H2,1-2H3,(H,33,37)/t13-/m0/s1. The minimum Gasteiger partial charge on any atom is -0.465 e. The molecule has 0 radical (unpaired) electrons. The molecule has 14 heteroatoms. The number of hydrogen-bond donors (Lipinski definition) is 1. The molecule has 3 aromatic rings. The number of nitrogens with one attached hydrogen (secondary N) is 1. The van der Waals surface area contributed by atoms with Gasteiger partial charge in [0.2, 0.25) is 0 Å². The number of halogens is 7. The number of nitrogens with zero attached hydrogens (tertiary/aromatic N) is 3. The molecule has 1 aliphatic heterocycles. The van der Waals surface area contributed by atoms with Crippen LogP contribution in [0.15, 0.2) is 42.5 Å². The fourth-order valence-corrected chi connectivity index (χ4v) is 4.94. The maximum Gasteiger partial charge on any atom is 0.436 e. The summed E-state index contributed by atoms with van der Waals surface area (Å²) in [4.78, 5) is 26.3. The Morgan fingerprint density at radius 3 is 2.31 bits per heavy atom. The van der Waals surface area contributed by atoms with E-state index in [0.717, 1.165) is 10.7 Å². The molecule has 7 nitrogen and oxygen atoms in total. The molecule has 0 saturated heterocycles. The van der Waals surface area contributed by atoms with Crippen LogP contribution in [0.2, 0.25) is 0 Å². The first-order valence-corrected chi connectivity index (χ1v) is 12.6. The van der Waals surface area contributed by atoms with E-state index in [4.69, 9.17) is 0 Å². The topological polar surface area (TPSA) is 76.5 Å². The van der Waals surface area contributed by atoms with Crippen LogP contribution >= 0.6 is 22.6 Å². The van der Waals surface area contributed by atoms with Gasteiger partial charge in [-0.05, 0) is 64.9 Å². The lowest BCUT2D eigenvalue weighted by atomic mass is 10.1. The van der Waals surface area contributed by atoms with E-state index in [1.165, 1.54) is 48.4 Å². The molecule has 4 rings (SSSR count). The number of esters is 1. The van der Waals surface area contributed by atoms with Crippen molar-refractivity contribution >= 4 is 40.3 Å². The quantitative estimate of drug-likeness (QED) is 0.204. The van der Waals surface area contributed by atoms with Crippen molar-refractivity contribution in [2.75, 3.05) is 18.6 Å². The number of benzene rings is 2. The van der Waals surface area contributed by atoms with Gasteiger partial charge >= 0.3 is 18.3 Å². The van der Waals surface area contributed by atoms with Gasteiger partial charge in [-0.3, -0.25) is 4.79 Å². The van der Waals surface area contributed by atoms with Crippen molar-refractivity contribution in [1.82, 2.24) is 15.1 Å². The number of methoxy groups -OCH3 is 1. The number of hydrogen-bond acceptors (Lipinski definition) is 5. The fraction of sp³-hybridized carbons (Fsp3) is 0.320. The molecular weight excluding hydrogens is 645 g/mol. The van der Waals surface area contributed by atoms with Crippen LogP contribution in [0.4, 0.5) is 32.2 Å². The van der Waals surface area contributed by atoms with Crippen LogP contribution in [0, 0.1) is 3.57 Å². The van der Waals surface area contributed by atoms with Crippen LogP contribution in [-0.4, -0.2) is 35.3 Å². The lowest BCUT2D eigenvalue weighted by Crippen LogP contribution is -2.31. The lowest BCUT2D eigenvalue weighted by Gasteiger charge is -2.21. The summed E-state index contributed by atoms with van der Waals surface area (Å²) in [5.74, 6) is -1.74. The number of rotatable bonds is 6. The van der Waals surface area contributed by atoms with Gasteiger partial charge in [-0.2, -0.15) is 31.4 Å². The summed E-state index contributed by atoms with van der Waals surface area (Å²) < 4.78 is 87.6. The monoisotopic (exact) mass is 666 g/mol. The zero-order valence-corrected chi connectivity index (χ0v) is 22.6. The highest BCUT2D eigenvalue weighted by Gasteiger charge is 2.44. The maximum atomic E-state index is 13.9. The number of anilines is 1. The Morgan fingerprint density at radius 1 is 1.05 bits per heavy atom. The van der Waals surface area contributed by atoms with Crippen molar-refractivity contribution in [2.45, 2.75) is 38.4 Å². The second-order valence-electron chi connectivity index (χ2n) is 8.81. The van der Waals surface area contributed by atoms with Crippen LogP contribution in [0.25, 0.3) is 0 Å². The van der Waals surface area contributed by atoms with E-state index in [1.54, 1.807) is 29.5 Å². The molecule has 2 aromatic carbocycles. The van der Waals surface area contributed by atoms with Crippen molar-refractivity contribution in [2.24, 2.45) is 0 Å². The molecule has 0 saturated carbocycles. The minimum absolute atomic E-state index is 0.0108. The Bertz CT molecular complexity index is 1400. The number of carbonyl (C=O) groups excluding carboxylic acids is 2. The molecule has 0 bridgehead atoms. The first kappa shape index (κ1) is 28.7. The smallest absolute Gasteiger partial charge is 0.436 e. The molecule has 0 aliphatic carbocycles. The highest BCUT2D eigenvalue weighted by molar-refractivity contribution is 14.1. The van der Waals surface area contributed by atoms with Gasteiger partial charge in [0.15, 0.2) is 5.69 Å². The fourth-order valence-electron chi connectivity index (χ4n) is 4.30. The van der Waals surface area contributed by atoms with Gasteiger partial charge < -0.3 is 15.0 Å². The van der Waals surface area contributed by atoms with Crippen molar-refractivity contribution in [3.05, 3.63) is 79.5 Å². The first-order valence-electron chi connectivity index (χ1n) is 11.5. The summed E-state index contributed by atoms with van der Waals surface area (Å²) >= 11 is 1.57. The molecule has 1 N–H and O–H groups in total. The molecule has 1 aromatic heterocycles. The highest BCUT2D eigenvalue weighted by atomic mass is 127. The number of fused-ring (bicyclic) bond motifs is 1. The maximum absolute atomic E-state index is 13.9. The van der Waals surface area contributed by atoms with Gasteiger partial charge in [0, 0.05) is 16.7 Å². The van der Waals surface area contributed by atoms with Crippen LogP contribution < -0.4 is 10.2 Å². The average molecular weight is 666 g/mol. The summed E-state index contributed by atoms with van der Waals surface area (Å²) in [7, 11) is 1.22. The first-order chi connectivity index (χ1) is 18.2. The molecule has 39 heavy (non-hydrogen) atoms. The second-order valence-corrected chi connectivity index (χ2v) is 9.97. The van der Waals surface area contributed by atoms with Gasteiger partial charge in [-0.1, -0.05) is 18.2 Å². The van der Waals surface area contributed by atoms with E-state index in [9.17, 15) is 35.9 Å². The Morgan fingerprint density at radius 2 is 1.72 bits per heavy atom. The molecule has 208 valence electrons. The van der Waals surface area contributed by atoms with Crippen LogP contribution in [0.3, 0.4) is 0 Å². The SMILES string of the molecule is COC(=O)c1ccc([C@H](C)NC(=O)c2c(C(F)(F)F)nn3c2N(Cc2ccc(I)c(C(F)(F)F)c2)CC3)cc1. The van der Waals surface area contributed by atoms with Crippen molar-refractivity contribution < 1.29 is 40.7 Å². The summed E-state index contributed by atoms with van der Waals surface area (Å²) in [6, 6.07) is 8.93. The molecular formula is C25H21F6IN4O3. The zero-order chi connectivity index (χ0) is 28.7. The lowest BCUT2D eigenvalue weighted by molar-refractivity contribution is -0.142. The van der Waals surface area contributed by atoms with Gasteiger partial charge in [-0.15, -0.1) is 0 Å². The van der Waals surface area contributed by atoms with Crippen molar-refractivity contribution in [3.8, 4) is 0 Å². The normalized spacial score (nSPS) is 14.2. The minimum atomic E-state index is -4.95. The Balaban J connectivity index is 1.65. The largest absolute Gasteiger partial charge is 0.465 e. The summed E-state index contributed by atoms with van der Waals surface area (Å²) in [5.41, 5.74) is -1.95. The van der Waals surface area contributed by atoms with E-state index in [2.05, 4.69) is 15.2 Å². The Kier molecular flexibility index (Phi) is 7.87. The van der Waals surface area contributed by atoms with Crippen LogP contribution in [0.1, 0.15) is 56.1 Å². The average Bonchev–Trinajstić information content (AvgIpc) is 3.44. The van der Waals surface area contributed by atoms with E-state index in [-0.39, 0.29) is 40.1 Å². The van der Waals surface area contributed by atoms with Crippen LogP contribution in [-0.2, 0) is 30.2 Å². The predicted molar refractivity (Wildman–Crippen MR) is 136 cm³/mol.